The first-order valence-corrected chi connectivity index (χ1v) is 8.89. The van der Waals surface area contributed by atoms with Crippen LogP contribution < -0.4 is 9.46 Å². The summed E-state index contributed by atoms with van der Waals surface area (Å²) in [7, 11) is -2.42. The monoisotopic (exact) mass is 344 g/mol. The smallest absolute Gasteiger partial charge is 0.240 e. The lowest BCUT2D eigenvalue weighted by molar-refractivity contribution is 0.385. The van der Waals surface area contributed by atoms with Crippen molar-refractivity contribution < 1.29 is 17.5 Å². The zero-order chi connectivity index (χ0) is 16.3. The van der Waals surface area contributed by atoms with E-state index in [0.717, 1.165) is 21.6 Å². The van der Waals surface area contributed by atoms with Crippen molar-refractivity contribution in [3.8, 4) is 5.75 Å². The molecule has 0 radical (unpaired) electrons. The van der Waals surface area contributed by atoms with E-state index in [-0.39, 0.29) is 17.2 Å². The summed E-state index contributed by atoms with van der Waals surface area (Å²) in [5.41, 5.74) is 0.914. The SMILES string of the molecule is COc1ccc(S(=O)(=O)NCCc2sc(C)nc2C)cc1F. The van der Waals surface area contributed by atoms with Gasteiger partial charge in [0.25, 0.3) is 0 Å². The van der Waals surface area contributed by atoms with E-state index in [0.29, 0.717) is 6.42 Å². The maximum atomic E-state index is 13.6. The quantitative estimate of drug-likeness (QED) is 0.874. The predicted molar refractivity (Wildman–Crippen MR) is 83.4 cm³/mol. The van der Waals surface area contributed by atoms with Crippen molar-refractivity contribution in [1.82, 2.24) is 9.71 Å². The molecule has 0 aliphatic heterocycles. The summed E-state index contributed by atoms with van der Waals surface area (Å²) in [5, 5.41) is 0.951. The summed E-state index contributed by atoms with van der Waals surface area (Å²) in [6.45, 7) is 4.04. The van der Waals surface area contributed by atoms with E-state index in [1.165, 1.54) is 19.2 Å². The lowest BCUT2D eigenvalue weighted by Gasteiger charge is -2.08. The summed E-state index contributed by atoms with van der Waals surface area (Å²) in [6, 6.07) is 3.55. The van der Waals surface area contributed by atoms with Crippen molar-refractivity contribution in [3.63, 3.8) is 0 Å². The maximum Gasteiger partial charge on any atom is 0.240 e. The van der Waals surface area contributed by atoms with Gasteiger partial charge in [-0.15, -0.1) is 11.3 Å². The molecule has 1 aromatic heterocycles. The third kappa shape index (κ3) is 3.82. The van der Waals surface area contributed by atoms with Gasteiger partial charge >= 0.3 is 0 Å². The van der Waals surface area contributed by atoms with Gasteiger partial charge < -0.3 is 4.74 Å². The number of aromatic nitrogens is 1. The van der Waals surface area contributed by atoms with Crippen LogP contribution >= 0.6 is 11.3 Å². The Bertz CT molecular complexity index is 772. The Morgan fingerprint density at radius 2 is 2.09 bits per heavy atom. The number of rotatable bonds is 6. The highest BCUT2D eigenvalue weighted by atomic mass is 32.2. The fraction of sp³-hybridized carbons (Fsp3) is 0.357. The number of halogens is 1. The van der Waals surface area contributed by atoms with Crippen molar-refractivity contribution >= 4 is 21.4 Å². The molecule has 8 heteroatoms. The van der Waals surface area contributed by atoms with Gasteiger partial charge in [-0.05, 0) is 38.5 Å². The number of hydrogen-bond acceptors (Lipinski definition) is 5. The van der Waals surface area contributed by atoms with Gasteiger partial charge in [0, 0.05) is 11.4 Å². The molecule has 22 heavy (non-hydrogen) atoms. The number of ether oxygens (including phenoxy) is 1. The molecule has 0 saturated carbocycles. The second-order valence-electron chi connectivity index (χ2n) is 4.69. The average Bonchev–Trinajstić information content (AvgIpc) is 2.76. The molecule has 0 saturated heterocycles. The Kier molecular flexibility index (Phi) is 5.15. The Hall–Kier alpha value is -1.51. The first kappa shape index (κ1) is 16.9. The lowest BCUT2D eigenvalue weighted by atomic mass is 10.3. The molecule has 0 atom stereocenters. The number of nitrogens with zero attached hydrogens (tertiary/aromatic N) is 1. The molecule has 0 aliphatic carbocycles. The molecular formula is C14H17FN2O3S2. The Morgan fingerprint density at radius 1 is 1.36 bits per heavy atom. The topological polar surface area (TPSA) is 68.3 Å². The van der Waals surface area contributed by atoms with Crippen LogP contribution in [-0.2, 0) is 16.4 Å². The Balaban J connectivity index is 2.05. The van der Waals surface area contributed by atoms with Crippen LogP contribution in [0.1, 0.15) is 15.6 Å². The predicted octanol–water partition coefficient (Wildman–Crippen LogP) is 2.43. The summed E-state index contributed by atoms with van der Waals surface area (Å²) in [5.74, 6) is -0.700. The molecule has 1 aromatic carbocycles. The molecular weight excluding hydrogens is 327 g/mol. The molecule has 1 N–H and O–H groups in total. The molecule has 2 aromatic rings. The van der Waals surface area contributed by atoms with Crippen LogP contribution in [0.2, 0.25) is 0 Å². The zero-order valence-corrected chi connectivity index (χ0v) is 14.1. The maximum absolute atomic E-state index is 13.6. The average molecular weight is 344 g/mol. The van der Waals surface area contributed by atoms with E-state index in [4.69, 9.17) is 4.74 Å². The fourth-order valence-corrected chi connectivity index (χ4v) is 3.98. The minimum Gasteiger partial charge on any atom is -0.494 e. The largest absolute Gasteiger partial charge is 0.494 e. The molecule has 120 valence electrons. The third-order valence-corrected chi connectivity index (χ3v) is 5.67. The Labute approximate surface area is 133 Å². The fourth-order valence-electron chi connectivity index (χ4n) is 2.00. The second-order valence-corrected chi connectivity index (χ2v) is 7.74. The summed E-state index contributed by atoms with van der Waals surface area (Å²) in [6.07, 6.45) is 0.551. The minimum absolute atomic E-state index is 0.00899. The number of benzene rings is 1. The molecule has 2 rings (SSSR count). The van der Waals surface area contributed by atoms with Crippen LogP contribution in [0.5, 0.6) is 5.75 Å². The first-order valence-electron chi connectivity index (χ1n) is 6.59. The number of thiazole rings is 1. The van der Waals surface area contributed by atoms with Gasteiger partial charge in [-0.1, -0.05) is 0 Å². The van der Waals surface area contributed by atoms with Crippen molar-refractivity contribution in [2.45, 2.75) is 25.2 Å². The summed E-state index contributed by atoms with van der Waals surface area (Å²) in [4.78, 5) is 5.21. The molecule has 0 fully saturated rings. The van der Waals surface area contributed by atoms with E-state index in [1.54, 1.807) is 11.3 Å². The summed E-state index contributed by atoms with van der Waals surface area (Å²) >= 11 is 1.55. The van der Waals surface area contributed by atoms with Gasteiger partial charge in [0.1, 0.15) is 0 Å². The highest BCUT2D eigenvalue weighted by Gasteiger charge is 2.16. The molecule has 1 heterocycles. The van der Waals surface area contributed by atoms with Gasteiger partial charge in [0.2, 0.25) is 10.0 Å². The lowest BCUT2D eigenvalue weighted by Crippen LogP contribution is -2.26. The van der Waals surface area contributed by atoms with Crippen LogP contribution in [0, 0.1) is 19.7 Å². The normalized spacial score (nSPS) is 11.6. The second kappa shape index (κ2) is 6.72. The van der Waals surface area contributed by atoms with Gasteiger partial charge in [-0.2, -0.15) is 0 Å². The highest BCUT2D eigenvalue weighted by Crippen LogP contribution is 2.21. The van der Waals surface area contributed by atoms with E-state index in [2.05, 4.69) is 9.71 Å². The van der Waals surface area contributed by atoms with Gasteiger partial charge in [-0.3, -0.25) is 0 Å². The number of sulfonamides is 1. The van der Waals surface area contributed by atoms with Crippen LogP contribution in [-0.4, -0.2) is 27.1 Å². The van der Waals surface area contributed by atoms with E-state index in [1.807, 2.05) is 13.8 Å². The van der Waals surface area contributed by atoms with Crippen LogP contribution in [0.15, 0.2) is 23.1 Å². The van der Waals surface area contributed by atoms with Crippen molar-refractivity contribution in [3.05, 3.63) is 39.6 Å². The van der Waals surface area contributed by atoms with Crippen LogP contribution in [0.3, 0.4) is 0 Å². The summed E-state index contributed by atoms with van der Waals surface area (Å²) < 4.78 is 45.1. The number of methoxy groups -OCH3 is 1. The number of aryl methyl sites for hydroxylation is 2. The molecule has 0 spiro atoms. The Morgan fingerprint density at radius 3 is 2.64 bits per heavy atom. The molecule has 0 amide bonds. The van der Waals surface area contributed by atoms with Gasteiger partial charge in [-0.25, -0.2) is 22.5 Å². The van der Waals surface area contributed by atoms with Crippen molar-refractivity contribution in [2.24, 2.45) is 0 Å². The zero-order valence-electron chi connectivity index (χ0n) is 12.5. The van der Waals surface area contributed by atoms with E-state index >= 15 is 0 Å². The molecule has 0 unspecified atom stereocenters. The van der Waals surface area contributed by atoms with Crippen molar-refractivity contribution in [1.29, 1.82) is 0 Å². The number of nitrogens with one attached hydrogen (secondary N) is 1. The van der Waals surface area contributed by atoms with E-state index in [9.17, 15) is 12.8 Å². The van der Waals surface area contributed by atoms with Gasteiger partial charge in [0.05, 0.1) is 22.7 Å². The molecule has 0 bridgehead atoms. The van der Waals surface area contributed by atoms with Crippen molar-refractivity contribution in [2.75, 3.05) is 13.7 Å². The number of hydrogen-bond donors (Lipinski definition) is 1. The minimum atomic E-state index is -3.75. The van der Waals surface area contributed by atoms with Crippen LogP contribution in [0.4, 0.5) is 4.39 Å². The highest BCUT2D eigenvalue weighted by molar-refractivity contribution is 7.89. The molecule has 5 nitrogen and oxygen atoms in total. The first-order chi connectivity index (χ1) is 10.3. The van der Waals surface area contributed by atoms with E-state index < -0.39 is 15.8 Å². The third-order valence-electron chi connectivity index (χ3n) is 3.08. The van der Waals surface area contributed by atoms with Gasteiger partial charge in [0.15, 0.2) is 11.6 Å². The standard InChI is InChI=1S/C14H17FN2O3S2/c1-9-14(21-10(2)17-9)6-7-16-22(18,19)11-4-5-13(20-3)12(15)8-11/h4-5,8,16H,6-7H2,1-3H3. The van der Waals surface area contributed by atoms with Crippen LogP contribution in [0.25, 0.3) is 0 Å². The molecule has 0 aliphatic rings.